The minimum Gasteiger partial charge on any atom is -0.449 e. The van der Waals surface area contributed by atoms with Crippen LogP contribution in [-0.4, -0.2) is 32.8 Å². The van der Waals surface area contributed by atoms with Gasteiger partial charge in [-0.1, -0.05) is 40.4 Å². The van der Waals surface area contributed by atoms with Gasteiger partial charge >= 0.3 is 6.09 Å². The number of benzene rings is 1. The molecule has 1 heterocycles. The fraction of sp³-hybridized carbons (Fsp3) is 0.579. The van der Waals surface area contributed by atoms with Gasteiger partial charge in [0.15, 0.2) is 11.5 Å². The molecule has 0 bridgehead atoms. The van der Waals surface area contributed by atoms with Crippen LogP contribution in [0.3, 0.4) is 0 Å². The number of hydrogen-bond acceptors (Lipinski definition) is 4. The van der Waals surface area contributed by atoms with Crippen molar-refractivity contribution in [3.05, 3.63) is 24.1 Å². The van der Waals surface area contributed by atoms with Gasteiger partial charge in [0, 0.05) is 27.2 Å². The largest absolute Gasteiger partial charge is 0.449 e. The molecule has 0 aliphatic carbocycles. The molecular formula is C19H30N2O3Si. The van der Waals surface area contributed by atoms with Gasteiger partial charge in [-0.05, 0) is 29.7 Å². The standard InChI is InChI=1S/C19H30N2O3Si/c1-19(2,3)13-17-20-15-12-14(8-9-16(15)24-17)21(4)18(22)23-10-11-25(5,6)7/h8-9,12H,10-11,13H2,1-7H3. The lowest BCUT2D eigenvalue weighted by Gasteiger charge is -2.19. The van der Waals surface area contributed by atoms with E-state index in [0.29, 0.717) is 6.61 Å². The summed E-state index contributed by atoms with van der Waals surface area (Å²) in [5.74, 6) is 0.722. The van der Waals surface area contributed by atoms with E-state index in [-0.39, 0.29) is 11.5 Å². The highest BCUT2D eigenvalue weighted by Gasteiger charge is 2.19. The Balaban J connectivity index is 2.08. The second kappa shape index (κ2) is 7.20. The van der Waals surface area contributed by atoms with Crippen molar-refractivity contribution in [2.75, 3.05) is 18.6 Å². The molecule has 0 aliphatic rings. The number of hydrogen-bond donors (Lipinski definition) is 0. The van der Waals surface area contributed by atoms with Crippen LogP contribution in [-0.2, 0) is 11.2 Å². The summed E-state index contributed by atoms with van der Waals surface area (Å²) in [6.07, 6.45) is 0.432. The van der Waals surface area contributed by atoms with Crippen molar-refractivity contribution in [1.82, 2.24) is 4.98 Å². The summed E-state index contributed by atoms with van der Waals surface area (Å²) >= 11 is 0. The van der Waals surface area contributed by atoms with Gasteiger partial charge in [-0.15, -0.1) is 0 Å². The Hall–Kier alpha value is -1.82. The third kappa shape index (κ3) is 5.88. The normalized spacial score (nSPS) is 12.4. The molecule has 0 saturated carbocycles. The molecule has 0 spiro atoms. The summed E-state index contributed by atoms with van der Waals surface area (Å²) in [4.78, 5) is 18.3. The molecule has 6 heteroatoms. The number of rotatable bonds is 5. The Morgan fingerprint density at radius 3 is 2.56 bits per heavy atom. The molecule has 0 atom stereocenters. The van der Waals surface area contributed by atoms with Crippen molar-refractivity contribution in [1.29, 1.82) is 0 Å². The van der Waals surface area contributed by atoms with Crippen molar-refractivity contribution in [2.24, 2.45) is 5.41 Å². The van der Waals surface area contributed by atoms with Gasteiger partial charge in [0.05, 0.1) is 6.61 Å². The summed E-state index contributed by atoms with van der Waals surface area (Å²) in [5.41, 5.74) is 2.36. The number of nitrogens with zero attached hydrogens (tertiary/aromatic N) is 2. The second-order valence-electron chi connectivity index (χ2n) is 8.98. The minimum atomic E-state index is -1.21. The molecule has 0 aliphatic heterocycles. The number of oxazole rings is 1. The van der Waals surface area contributed by atoms with Crippen LogP contribution < -0.4 is 4.90 Å². The topological polar surface area (TPSA) is 55.6 Å². The van der Waals surface area contributed by atoms with E-state index in [2.05, 4.69) is 45.4 Å². The van der Waals surface area contributed by atoms with Gasteiger partial charge in [-0.25, -0.2) is 9.78 Å². The van der Waals surface area contributed by atoms with Crippen molar-refractivity contribution in [2.45, 2.75) is 52.9 Å². The lowest BCUT2D eigenvalue weighted by atomic mass is 9.92. The Labute approximate surface area is 151 Å². The SMILES string of the molecule is CN(C(=O)OCC[Si](C)(C)C)c1ccc2oc(CC(C)(C)C)nc2c1. The van der Waals surface area contributed by atoms with Crippen molar-refractivity contribution < 1.29 is 13.9 Å². The number of amides is 1. The number of fused-ring (bicyclic) bond motifs is 1. The van der Waals surface area contributed by atoms with Crippen LogP contribution in [0.5, 0.6) is 0 Å². The molecule has 0 fully saturated rings. The van der Waals surface area contributed by atoms with E-state index >= 15 is 0 Å². The lowest BCUT2D eigenvalue weighted by molar-refractivity contribution is 0.161. The number of carbonyl (C=O) groups excluding carboxylic acids is 1. The van der Waals surface area contributed by atoms with Crippen LogP contribution >= 0.6 is 0 Å². The first kappa shape index (κ1) is 19.5. The van der Waals surface area contributed by atoms with Crippen LogP contribution in [0.4, 0.5) is 10.5 Å². The summed E-state index contributed by atoms with van der Waals surface area (Å²) in [6.45, 7) is 13.7. The molecule has 0 unspecified atom stereocenters. The maximum Gasteiger partial charge on any atom is 0.413 e. The Kier molecular flexibility index (Phi) is 5.61. The molecular weight excluding hydrogens is 332 g/mol. The van der Waals surface area contributed by atoms with Crippen LogP contribution in [0, 0.1) is 5.41 Å². The zero-order valence-corrected chi connectivity index (χ0v) is 17.5. The number of aromatic nitrogens is 1. The first-order valence-corrected chi connectivity index (χ1v) is 12.5. The van der Waals surface area contributed by atoms with Gasteiger partial charge in [0.25, 0.3) is 0 Å². The van der Waals surface area contributed by atoms with Crippen molar-refractivity contribution >= 4 is 31.0 Å². The minimum absolute atomic E-state index is 0.112. The number of anilines is 1. The molecule has 0 N–H and O–H groups in total. The second-order valence-corrected chi connectivity index (χ2v) is 14.6. The summed E-state index contributed by atoms with van der Waals surface area (Å²) in [5, 5.41) is 0. The van der Waals surface area contributed by atoms with Gasteiger partial charge in [-0.2, -0.15) is 0 Å². The fourth-order valence-corrected chi connectivity index (χ4v) is 3.06. The quantitative estimate of drug-likeness (QED) is 0.675. The zero-order chi connectivity index (χ0) is 18.8. The zero-order valence-electron chi connectivity index (χ0n) is 16.5. The Morgan fingerprint density at radius 2 is 1.96 bits per heavy atom. The van der Waals surface area contributed by atoms with Crippen LogP contribution in [0.15, 0.2) is 22.6 Å². The van der Waals surface area contributed by atoms with E-state index in [1.54, 1.807) is 7.05 Å². The average Bonchev–Trinajstić information content (AvgIpc) is 2.83. The molecule has 1 amide bonds. The predicted octanol–water partition coefficient (Wildman–Crippen LogP) is 5.33. The first-order chi connectivity index (χ1) is 11.4. The molecule has 2 aromatic rings. The Bertz CT molecular complexity index is 741. The molecule has 138 valence electrons. The molecule has 5 nitrogen and oxygen atoms in total. The highest BCUT2D eigenvalue weighted by Crippen LogP contribution is 2.26. The van der Waals surface area contributed by atoms with E-state index in [0.717, 1.165) is 35.1 Å². The van der Waals surface area contributed by atoms with Crippen molar-refractivity contribution in [3.63, 3.8) is 0 Å². The summed E-state index contributed by atoms with van der Waals surface area (Å²) in [6, 6.07) is 6.54. The molecule has 25 heavy (non-hydrogen) atoms. The van der Waals surface area contributed by atoms with E-state index in [1.165, 1.54) is 4.90 Å². The summed E-state index contributed by atoms with van der Waals surface area (Å²) < 4.78 is 11.2. The maximum absolute atomic E-state index is 12.2. The first-order valence-electron chi connectivity index (χ1n) is 8.75. The number of ether oxygens (including phenoxy) is 1. The van der Waals surface area contributed by atoms with Crippen LogP contribution in [0.25, 0.3) is 11.1 Å². The smallest absolute Gasteiger partial charge is 0.413 e. The third-order valence-corrected chi connectivity index (χ3v) is 5.54. The average molecular weight is 363 g/mol. The van der Waals surface area contributed by atoms with Crippen LogP contribution in [0.2, 0.25) is 25.7 Å². The monoisotopic (exact) mass is 362 g/mol. The Morgan fingerprint density at radius 1 is 1.28 bits per heavy atom. The maximum atomic E-state index is 12.2. The highest BCUT2D eigenvalue weighted by atomic mass is 28.3. The lowest BCUT2D eigenvalue weighted by Crippen LogP contribution is -2.29. The van der Waals surface area contributed by atoms with Gasteiger partial charge < -0.3 is 9.15 Å². The van der Waals surface area contributed by atoms with Gasteiger partial charge in [0.1, 0.15) is 5.52 Å². The third-order valence-electron chi connectivity index (χ3n) is 3.84. The van der Waals surface area contributed by atoms with E-state index < -0.39 is 8.07 Å². The molecule has 0 saturated heterocycles. The molecule has 2 rings (SSSR count). The molecule has 0 radical (unpaired) electrons. The van der Waals surface area contributed by atoms with Gasteiger partial charge in [0.2, 0.25) is 0 Å². The van der Waals surface area contributed by atoms with Crippen LogP contribution in [0.1, 0.15) is 26.7 Å². The van der Waals surface area contributed by atoms with Crippen molar-refractivity contribution in [3.8, 4) is 0 Å². The molecule has 1 aromatic heterocycles. The van der Waals surface area contributed by atoms with E-state index in [4.69, 9.17) is 9.15 Å². The predicted molar refractivity (Wildman–Crippen MR) is 105 cm³/mol. The summed E-state index contributed by atoms with van der Waals surface area (Å²) in [7, 11) is 0.507. The van der Waals surface area contributed by atoms with E-state index in [9.17, 15) is 4.79 Å². The fourth-order valence-electron chi connectivity index (χ4n) is 2.35. The number of carbonyl (C=O) groups is 1. The van der Waals surface area contributed by atoms with E-state index in [1.807, 2.05) is 18.2 Å². The molecule has 1 aromatic carbocycles. The van der Waals surface area contributed by atoms with Gasteiger partial charge in [-0.3, -0.25) is 4.90 Å². The highest BCUT2D eigenvalue weighted by molar-refractivity contribution is 6.76.